The van der Waals surface area contributed by atoms with Crippen molar-refractivity contribution in [1.82, 2.24) is 19.9 Å². The number of fused-ring (bicyclic) bond motifs is 2. The fourth-order valence-electron chi connectivity index (χ4n) is 2.45. The van der Waals surface area contributed by atoms with Crippen LogP contribution in [0.3, 0.4) is 0 Å². The van der Waals surface area contributed by atoms with E-state index in [2.05, 4.69) is 26.0 Å². The Morgan fingerprint density at radius 3 is 3.16 bits per heavy atom. The fourth-order valence-corrected chi connectivity index (χ4v) is 2.45. The van der Waals surface area contributed by atoms with E-state index in [9.17, 15) is 0 Å². The van der Waals surface area contributed by atoms with E-state index >= 15 is 0 Å². The molecule has 0 amide bonds. The number of aromatic nitrogens is 4. The summed E-state index contributed by atoms with van der Waals surface area (Å²) < 4.78 is 6.01. The molecule has 0 saturated heterocycles. The molecular formula is C14H12N4O. The SMILES string of the molecule is c1ccc2c(c1)CCC(c1nc3ncncc3[nH]1)O2. The van der Waals surface area contributed by atoms with E-state index < -0.39 is 0 Å². The first-order chi connectivity index (χ1) is 9.40. The Balaban J connectivity index is 1.70. The van der Waals surface area contributed by atoms with Crippen molar-refractivity contribution in [2.45, 2.75) is 18.9 Å². The molecule has 5 heteroatoms. The average molecular weight is 252 g/mol. The highest BCUT2D eigenvalue weighted by molar-refractivity contribution is 5.68. The lowest BCUT2D eigenvalue weighted by atomic mass is 10.0. The van der Waals surface area contributed by atoms with E-state index in [0.29, 0.717) is 5.65 Å². The first-order valence-corrected chi connectivity index (χ1v) is 6.30. The molecule has 1 aromatic carbocycles. The molecule has 3 aromatic rings. The van der Waals surface area contributed by atoms with Crippen LogP contribution in [0.25, 0.3) is 11.2 Å². The summed E-state index contributed by atoms with van der Waals surface area (Å²) in [5.74, 6) is 1.77. The van der Waals surface area contributed by atoms with Crippen LogP contribution in [0.5, 0.6) is 5.75 Å². The molecule has 94 valence electrons. The molecule has 0 fully saturated rings. The van der Waals surface area contributed by atoms with Gasteiger partial charge in [0, 0.05) is 0 Å². The second-order valence-electron chi connectivity index (χ2n) is 4.63. The van der Waals surface area contributed by atoms with Crippen LogP contribution in [-0.2, 0) is 6.42 Å². The third kappa shape index (κ3) is 1.74. The minimum Gasteiger partial charge on any atom is -0.482 e. The number of para-hydroxylation sites is 1. The van der Waals surface area contributed by atoms with E-state index in [0.717, 1.165) is 29.9 Å². The van der Waals surface area contributed by atoms with Gasteiger partial charge in [0.05, 0.1) is 6.20 Å². The van der Waals surface area contributed by atoms with Gasteiger partial charge in [0.2, 0.25) is 0 Å². The van der Waals surface area contributed by atoms with Crippen molar-refractivity contribution >= 4 is 11.2 Å². The highest BCUT2D eigenvalue weighted by Gasteiger charge is 2.23. The molecule has 0 radical (unpaired) electrons. The van der Waals surface area contributed by atoms with Gasteiger partial charge in [-0.25, -0.2) is 15.0 Å². The second kappa shape index (κ2) is 4.05. The first-order valence-electron chi connectivity index (χ1n) is 6.30. The first kappa shape index (κ1) is 10.5. The van der Waals surface area contributed by atoms with E-state index in [-0.39, 0.29) is 6.10 Å². The molecule has 0 saturated carbocycles. The molecular weight excluding hydrogens is 240 g/mol. The number of imidazole rings is 1. The molecule has 1 atom stereocenters. The predicted octanol–water partition coefficient (Wildman–Crippen LogP) is 2.42. The summed E-state index contributed by atoms with van der Waals surface area (Å²) in [7, 11) is 0. The van der Waals surface area contributed by atoms with Crippen LogP contribution in [-0.4, -0.2) is 19.9 Å². The number of nitrogens with one attached hydrogen (secondary N) is 1. The van der Waals surface area contributed by atoms with E-state index in [4.69, 9.17) is 4.74 Å². The van der Waals surface area contributed by atoms with Gasteiger partial charge in [-0.15, -0.1) is 0 Å². The standard InChI is InChI=1S/C14H12N4O/c1-2-4-11-9(3-1)5-6-12(19-11)14-17-10-7-15-8-16-13(10)18-14/h1-4,7-8,12H,5-6H2,(H,15,16,17,18). The van der Waals surface area contributed by atoms with Gasteiger partial charge >= 0.3 is 0 Å². The van der Waals surface area contributed by atoms with Gasteiger partial charge in [-0.05, 0) is 24.5 Å². The van der Waals surface area contributed by atoms with Gasteiger partial charge < -0.3 is 9.72 Å². The summed E-state index contributed by atoms with van der Waals surface area (Å²) in [6.45, 7) is 0. The minimum absolute atomic E-state index is 0.0379. The number of aryl methyl sites for hydroxylation is 1. The second-order valence-corrected chi connectivity index (χ2v) is 4.63. The molecule has 5 nitrogen and oxygen atoms in total. The molecule has 0 bridgehead atoms. The quantitative estimate of drug-likeness (QED) is 0.722. The van der Waals surface area contributed by atoms with Gasteiger partial charge in [0.1, 0.15) is 23.4 Å². The molecule has 0 aliphatic carbocycles. The Labute approximate surface area is 109 Å². The lowest BCUT2D eigenvalue weighted by Gasteiger charge is -2.24. The average Bonchev–Trinajstić information content (AvgIpc) is 2.90. The van der Waals surface area contributed by atoms with Gasteiger partial charge in [-0.3, -0.25) is 0 Å². The van der Waals surface area contributed by atoms with E-state index in [1.165, 1.54) is 11.9 Å². The monoisotopic (exact) mass is 252 g/mol. The number of aromatic amines is 1. The Bertz CT molecular complexity index is 704. The zero-order chi connectivity index (χ0) is 12.7. The van der Waals surface area contributed by atoms with Crippen molar-refractivity contribution in [3.05, 3.63) is 48.2 Å². The third-order valence-electron chi connectivity index (χ3n) is 3.40. The van der Waals surface area contributed by atoms with Crippen molar-refractivity contribution in [1.29, 1.82) is 0 Å². The van der Waals surface area contributed by atoms with Gasteiger partial charge in [0.15, 0.2) is 11.8 Å². The predicted molar refractivity (Wildman–Crippen MR) is 69.8 cm³/mol. The molecule has 19 heavy (non-hydrogen) atoms. The Morgan fingerprint density at radius 2 is 2.21 bits per heavy atom. The summed E-state index contributed by atoms with van der Waals surface area (Å²) in [5.41, 5.74) is 2.79. The topological polar surface area (TPSA) is 63.7 Å². The van der Waals surface area contributed by atoms with Crippen molar-refractivity contribution < 1.29 is 4.74 Å². The molecule has 3 heterocycles. The minimum atomic E-state index is -0.0379. The van der Waals surface area contributed by atoms with Gasteiger partial charge in [-0.1, -0.05) is 18.2 Å². The van der Waals surface area contributed by atoms with Crippen LogP contribution in [0.4, 0.5) is 0 Å². The smallest absolute Gasteiger partial charge is 0.180 e. The highest BCUT2D eigenvalue weighted by atomic mass is 16.5. The summed E-state index contributed by atoms with van der Waals surface area (Å²) in [5, 5.41) is 0. The molecule has 1 aliphatic rings. The number of hydrogen-bond donors (Lipinski definition) is 1. The van der Waals surface area contributed by atoms with Crippen LogP contribution in [0.2, 0.25) is 0 Å². The number of H-pyrrole nitrogens is 1. The number of ether oxygens (including phenoxy) is 1. The van der Waals surface area contributed by atoms with E-state index in [1.807, 2.05) is 18.2 Å². The Kier molecular flexibility index (Phi) is 2.24. The summed E-state index contributed by atoms with van der Waals surface area (Å²) >= 11 is 0. The maximum Gasteiger partial charge on any atom is 0.180 e. The molecule has 2 aromatic heterocycles. The van der Waals surface area contributed by atoms with Crippen LogP contribution in [0.15, 0.2) is 36.8 Å². The van der Waals surface area contributed by atoms with Crippen LogP contribution in [0, 0.1) is 0 Å². The molecule has 4 rings (SSSR count). The molecule has 0 spiro atoms. The van der Waals surface area contributed by atoms with Crippen molar-refractivity contribution in [2.24, 2.45) is 0 Å². The molecule has 1 N–H and O–H groups in total. The van der Waals surface area contributed by atoms with Gasteiger partial charge in [-0.2, -0.15) is 0 Å². The van der Waals surface area contributed by atoms with Crippen LogP contribution in [0.1, 0.15) is 23.9 Å². The lowest BCUT2D eigenvalue weighted by molar-refractivity contribution is 0.168. The van der Waals surface area contributed by atoms with Gasteiger partial charge in [0.25, 0.3) is 0 Å². The third-order valence-corrected chi connectivity index (χ3v) is 3.40. The summed E-state index contributed by atoms with van der Waals surface area (Å²) in [4.78, 5) is 15.8. The summed E-state index contributed by atoms with van der Waals surface area (Å²) in [6.07, 6.45) is 5.12. The zero-order valence-corrected chi connectivity index (χ0v) is 10.2. The highest BCUT2D eigenvalue weighted by Crippen LogP contribution is 2.33. The van der Waals surface area contributed by atoms with Crippen LogP contribution >= 0.6 is 0 Å². The number of nitrogens with zero attached hydrogens (tertiary/aromatic N) is 3. The molecule has 1 aliphatic heterocycles. The normalized spacial score (nSPS) is 18.0. The van der Waals surface area contributed by atoms with Crippen molar-refractivity contribution in [2.75, 3.05) is 0 Å². The Morgan fingerprint density at radius 1 is 1.26 bits per heavy atom. The largest absolute Gasteiger partial charge is 0.482 e. The number of rotatable bonds is 1. The summed E-state index contributed by atoms with van der Waals surface area (Å²) in [6, 6.07) is 8.14. The fraction of sp³-hybridized carbons (Fsp3) is 0.214. The molecule has 1 unspecified atom stereocenters. The maximum absolute atomic E-state index is 6.01. The maximum atomic E-state index is 6.01. The lowest BCUT2D eigenvalue weighted by Crippen LogP contribution is -2.16. The number of hydrogen-bond acceptors (Lipinski definition) is 4. The van der Waals surface area contributed by atoms with Crippen molar-refractivity contribution in [3.63, 3.8) is 0 Å². The zero-order valence-electron chi connectivity index (χ0n) is 10.2. The Hall–Kier alpha value is -2.43. The van der Waals surface area contributed by atoms with Crippen molar-refractivity contribution in [3.8, 4) is 5.75 Å². The van der Waals surface area contributed by atoms with E-state index in [1.54, 1.807) is 6.20 Å². The number of benzene rings is 1. The van der Waals surface area contributed by atoms with Crippen LogP contribution < -0.4 is 4.74 Å².